The number of nitrogens with one attached hydrogen (secondary N) is 1. The number of piperidine rings is 3. The highest BCUT2D eigenvalue weighted by Gasteiger charge is 2.35. The molecular weight excluding hydrogens is 314 g/mol. The van der Waals surface area contributed by atoms with E-state index in [-0.39, 0.29) is 11.9 Å². The summed E-state index contributed by atoms with van der Waals surface area (Å²) in [5, 5.41) is 4.33. The van der Waals surface area contributed by atoms with Crippen LogP contribution in [0, 0.1) is 5.92 Å². The molecule has 1 N–H and O–H groups in total. The van der Waals surface area contributed by atoms with Crippen molar-refractivity contribution < 1.29 is 4.79 Å². The van der Waals surface area contributed by atoms with Gasteiger partial charge in [0, 0.05) is 28.9 Å². The minimum absolute atomic E-state index is 0.0280. The first-order valence-corrected chi connectivity index (χ1v) is 9.74. The van der Waals surface area contributed by atoms with Crippen LogP contribution in [0.4, 0.5) is 0 Å². The van der Waals surface area contributed by atoms with Crippen molar-refractivity contribution in [1.82, 2.24) is 15.2 Å². The first kappa shape index (κ1) is 14.5. The molecule has 116 valence electrons. The normalized spacial score (nSPS) is 27.2. The van der Waals surface area contributed by atoms with Gasteiger partial charge in [0.1, 0.15) is 5.69 Å². The third kappa shape index (κ3) is 2.64. The molecule has 22 heavy (non-hydrogen) atoms. The van der Waals surface area contributed by atoms with Crippen molar-refractivity contribution in [1.29, 1.82) is 0 Å². The molecule has 0 spiro atoms. The Morgan fingerprint density at radius 3 is 2.91 bits per heavy atom. The number of thiophene rings is 1. The minimum atomic E-state index is -0.0280. The van der Waals surface area contributed by atoms with Crippen LogP contribution in [-0.4, -0.2) is 47.7 Å². The smallest absolute Gasteiger partial charge is 0.270 e. The van der Waals surface area contributed by atoms with Gasteiger partial charge in [0.2, 0.25) is 0 Å². The highest BCUT2D eigenvalue weighted by Crippen LogP contribution is 2.32. The average Bonchev–Trinajstić information content (AvgIpc) is 2.98. The summed E-state index contributed by atoms with van der Waals surface area (Å²) < 4.78 is 2.39. The molecule has 5 heterocycles. The van der Waals surface area contributed by atoms with Gasteiger partial charge >= 0.3 is 0 Å². The Hall–Kier alpha value is -1.11. The van der Waals surface area contributed by atoms with Gasteiger partial charge in [0.25, 0.3) is 5.91 Å². The van der Waals surface area contributed by atoms with Gasteiger partial charge in [0.05, 0.1) is 4.21 Å². The lowest BCUT2D eigenvalue weighted by Crippen LogP contribution is -2.57. The molecule has 2 bridgehead atoms. The molecule has 0 unspecified atom stereocenters. The van der Waals surface area contributed by atoms with E-state index >= 15 is 0 Å². The lowest BCUT2D eigenvalue weighted by atomic mass is 9.84. The largest absolute Gasteiger partial charge is 0.346 e. The van der Waals surface area contributed by atoms with E-state index in [1.807, 2.05) is 12.3 Å². The summed E-state index contributed by atoms with van der Waals surface area (Å²) in [7, 11) is 0. The SMILES string of the molecule is CSc1cc2cnc(C(=O)N[C@H]3CN4CCC3CC4)cc2s1. The Bertz CT molecular complexity index is 706. The third-order valence-corrected chi connectivity index (χ3v) is 6.95. The number of carbonyl (C=O) groups is 1. The predicted octanol–water partition coefficient (Wildman–Crippen LogP) is 2.84. The first-order chi connectivity index (χ1) is 10.7. The molecule has 5 rings (SSSR count). The highest BCUT2D eigenvalue weighted by molar-refractivity contribution is 8.00. The van der Waals surface area contributed by atoms with Crippen molar-refractivity contribution in [2.75, 3.05) is 25.9 Å². The summed E-state index contributed by atoms with van der Waals surface area (Å²) in [4.78, 5) is 19.3. The van der Waals surface area contributed by atoms with Crippen LogP contribution in [-0.2, 0) is 0 Å². The number of fused-ring (bicyclic) bond motifs is 4. The number of carbonyl (C=O) groups excluding carboxylic acids is 1. The maximum Gasteiger partial charge on any atom is 0.270 e. The molecule has 0 aliphatic carbocycles. The Morgan fingerprint density at radius 2 is 2.23 bits per heavy atom. The number of nitrogens with zero attached hydrogens (tertiary/aromatic N) is 2. The molecule has 3 saturated heterocycles. The van der Waals surface area contributed by atoms with Crippen molar-refractivity contribution >= 4 is 39.1 Å². The van der Waals surface area contributed by atoms with Gasteiger partial charge < -0.3 is 10.2 Å². The quantitative estimate of drug-likeness (QED) is 0.878. The van der Waals surface area contributed by atoms with Gasteiger partial charge in [-0.25, -0.2) is 0 Å². The van der Waals surface area contributed by atoms with Crippen LogP contribution in [0.1, 0.15) is 23.3 Å². The molecule has 6 heteroatoms. The Kier molecular flexibility index (Phi) is 3.84. The van der Waals surface area contributed by atoms with Gasteiger partial charge in [-0.05, 0) is 50.2 Å². The van der Waals surface area contributed by atoms with E-state index in [0.29, 0.717) is 11.6 Å². The first-order valence-electron chi connectivity index (χ1n) is 7.70. The number of amides is 1. The van der Waals surface area contributed by atoms with Crippen LogP contribution < -0.4 is 5.32 Å². The fourth-order valence-electron chi connectivity index (χ4n) is 3.50. The van der Waals surface area contributed by atoms with E-state index < -0.39 is 0 Å². The molecule has 1 atom stereocenters. The average molecular weight is 333 g/mol. The molecule has 3 aliphatic rings. The minimum Gasteiger partial charge on any atom is -0.346 e. The maximum atomic E-state index is 12.5. The zero-order valence-corrected chi connectivity index (χ0v) is 14.2. The summed E-state index contributed by atoms with van der Waals surface area (Å²) in [6, 6.07) is 4.35. The third-order valence-electron chi connectivity index (χ3n) is 4.79. The second-order valence-corrected chi connectivity index (χ2v) is 8.29. The Labute approximate surface area is 138 Å². The van der Waals surface area contributed by atoms with Gasteiger partial charge in [0.15, 0.2) is 0 Å². The fraction of sp³-hybridized carbons (Fsp3) is 0.500. The van der Waals surface area contributed by atoms with Crippen LogP contribution in [0.5, 0.6) is 0 Å². The van der Waals surface area contributed by atoms with Gasteiger partial charge in [-0.3, -0.25) is 9.78 Å². The second kappa shape index (κ2) is 5.83. The molecule has 3 aliphatic heterocycles. The summed E-state index contributed by atoms with van der Waals surface area (Å²) in [6.07, 6.45) is 6.30. The van der Waals surface area contributed by atoms with E-state index in [1.54, 1.807) is 23.1 Å². The van der Waals surface area contributed by atoms with Gasteiger partial charge in [-0.2, -0.15) is 0 Å². The molecule has 2 aromatic rings. The lowest BCUT2D eigenvalue weighted by Gasteiger charge is -2.44. The molecule has 2 aromatic heterocycles. The number of hydrogen-bond donors (Lipinski definition) is 1. The lowest BCUT2D eigenvalue weighted by molar-refractivity contribution is 0.0618. The fourth-order valence-corrected chi connectivity index (χ4v) is 5.15. The molecule has 0 saturated carbocycles. The monoisotopic (exact) mass is 333 g/mol. The zero-order chi connectivity index (χ0) is 15.1. The second-order valence-electron chi connectivity index (χ2n) is 6.09. The van der Waals surface area contributed by atoms with Crippen molar-refractivity contribution in [3.8, 4) is 0 Å². The molecule has 0 radical (unpaired) electrons. The summed E-state index contributed by atoms with van der Waals surface area (Å²) >= 11 is 3.45. The predicted molar refractivity (Wildman–Crippen MR) is 91.8 cm³/mol. The van der Waals surface area contributed by atoms with Crippen LogP contribution in [0.25, 0.3) is 10.1 Å². The Morgan fingerprint density at radius 1 is 1.41 bits per heavy atom. The number of rotatable bonds is 3. The van der Waals surface area contributed by atoms with E-state index in [2.05, 4.69) is 27.5 Å². The van der Waals surface area contributed by atoms with Crippen molar-refractivity contribution in [3.05, 3.63) is 24.0 Å². The number of aromatic nitrogens is 1. The van der Waals surface area contributed by atoms with Gasteiger partial charge in [-0.1, -0.05) is 0 Å². The molecule has 1 amide bonds. The zero-order valence-electron chi connectivity index (χ0n) is 12.5. The molecule has 0 aromatic carbocycles. The van der Waals surface area contributed by atoms with E-state index in [9.17, 15) is 4.79 Å². The van der Waals surface area contributed by atoms with Crippen LogP contribution in [0.3, 0.4) is 0 Å². The van der Waals surface area contributed by atoms with Crippen molar-refractivity contribution in [3.63, 3.8) is 0 Å². The standard InChI is InChI=1S/C16H19N3OS2/c1-21-15-6-11-8-17-12(7-14(11)22-15)16(20)18-13-9-19-4-2-10(13)3-5-19/h6-8,10,13H,2-5,9H2,1H3,(H,18,20)/t13-/m0/s1. The highest BCUT2D eigenvalue weighted by atomic mass is 32.2. The van der Waals surface area contributed by atoms with Crippen LogP contribution >= 0.6 is 23.1 Å². The van der Waals surface area contributed by atoms with E-state index in [4.69, 9.17) is 0 Å². The Balaban J connectivity index is 1.52. The molecule has 4 nitrogen and oxygen atoms in total. The van der Waals surface area contributed by atoms with E-state index in [0.717, 1.165) is 16.6 Å². The summed E-state index contributed by atoms with van der Waals surface area (Å²) in [5.74, 6) is 0.613. The van der Waals surface area contributed by atoms with Crippen molar-refractivity contribution in [2.24, 2.45) is 5.92 Å². The topological polar surface area (TPSA) is 45.2 Å². The van der Waals surface area contributed by atoms with Gasteiger partial charge in [-0.15, -0.1) is 23.1 Å². The maximum absolute atomic E-state index is 12.5. The van der Waals surface area contributed by atoms with Crippen LogP contribution in [0.2, 0.25) is 0 Å². The van der Waals surface area contributed by atoms with Crippen LogP contribution in [0.15, 0.2) is 22.5 Å². The molecule has 3 fully saturated rings. The van der Waals surface area contributed by atoms with Crippen molar-refractivity contribution in [2.45, 2.75) is 23.1 Å². The summed E-state index contributed by atoms with van der Waals surface area (Å²) in [6.45, 7) is 3.37. The summed E-state index contributed by atoms with van der Waals surface area (Å²) in [5.41, 5.74) is 0.540. The molecular formula is C16H19N3OS2. The van der Waals surface area contributed by atoms with E-state index in [1.165, 1.54) is 30.1 Å². The number of pyridine rings is 1. The number of thioether (sulfide) groups is 1. The number of hydrogen-bond acceptors (Lipinski definition) is 5.